The van der Waals surface area contributed by atoms with Crippen LogP contribution in [0.2, 0.25) is 0 Å². The number of carbonyl (C=O) groups is 1. The Kier molecular flexibility index (Phi) is 3.74. The standard InChI is InChI=1S/C10H11NO5S/c1-2-5-17(15,16)11-7-3-4-9(12)8(6-7)10(13)14/h2-4,6,11-12H,1,5H2,(H,13,14). The molecule has 0 aliphatic carbocycles. The van der Waals surface area contributed by atoms with Gasteiger partial charge in [-0.1, -0.05) is 6.08 Å². The molecule has 0 saturated carbocycles. The van der Waals surface area contributed by atoms with Gasteiger partial charge in [-0.2, -0.15) is 0 Å². The van der Waals surface area contributed by atoms with Gasteiger partial charge in [0, 0.05) is 5.69 Å². The van der Waals surface area contributed by atoms with Crippen LogP contribution in [0.1, 0.15) is 10.4 Å². The summed E-state index contributed by atoms with van der Waals surface area (Å²) >= 11 is 0. The first-order valence-corrected chi connectivity index (χ1v) is 6.18. The molecular weight excluding hydrogens is 246 g/mol. The third kappa shape index (κ3) is 3.49. The highest BCUT2D eigenvalue weighted by atomic mass is 32.2. The van der Waals surface area contributed by atoms with Crippen LogP contribution in [-0.2, 0) is 10.0 Å². The van der Waals surface area contributed by atoms with Crippen LogP contribution < -0.4 is 4.72 Å². The summed E-state index contributed by atoms with van der Waals surface area (Å²) in [5.41, 5.74) is -0.300. The van der Waals surface area contributed by atoms with Crippen molar-refractivity contribution in [1.29, 1.82) is 0 Å². The van der Waals surface area contributed by atoms with E-state index < -0.39 is 21.7 Å². The number of benzene rings is 1. The van der Waals surface area contributed by atoms with E-state index in [4.69, 9.17) is 5.11 Å². The first-order chi connectivity index (χ1) is 7.85. The fraction of sp³-hybridized carbons (Fsp3) is 0.100. The molecule has 1 aromatic rings. The molecule has 0 fully saturated rings. The predicted molar refractivity (Wildman–Crippen MR) is 62.7 cm³/mol. The second-order valence-corrected chi connectivity index (χ2v) is 4.98. The maximum atomic E-state index is 11.4. The zero-order valence-corrected chi connectivity index (χ0v) is 9.57. The summed E-state index contributed by atoms with van der Waals surface area (Å²) in [6.45, 7) is 3.29. The van der Waals surface area contributed by atoms with E-state index in [1.165, 1.54) is 12.1 Å². The van der Waals surface area contributed by atoms with Gasteiger partial charge in [-0.3, -0.25) is 4.72 Å². The summed E-state index contributed by atoms with van der Waals surface area (Å²) < 4.78 is 24.9. The molecule has 0 spiro atoms. The lowest BCUT2D eigenvalue weighted by Gasteiger charge is -2.07. The van der Waals surface area contributed by atoms with E-state index >= 15 is 0 Å². The van der Waals surface area contributed by atoms with Crippen LogP contribution in [0.4, 0.5) is 5.69 Å². The minimum absolute atomic E-state index is 0.0713. The lowest BCUT2D eigenvalue weighted by molar-refractivity contribution is 0.0694. The fourth-order valence-electron chi connectivity index (χ4n) is 1.15. The van der Waals surface area contributed by atoms with Crippen molar-refractivity contribution >= 4 is 21.7 Å². The van der Waals surface area contributed by atoms with Gasteiger partial charge in [0.25, 0.3) is 0 Å². The third-order valence-corrected chi connectivity index (χ3v) is 3.06. The molecule has 3 N–H and O–H groups in total. The quantitative estimate of drug-likeness (QED) is 0.539. The Morgan fingerprint density at radius 3 is 2.65 bits per heavy atom. The smallest absolute Gasteiger partial charge is 0.339 e. The van der Waals surface area contributed by atoms with Crippen molar-refractivity contribution in [2.45, 2.75) is 0 Å². The lowest BCUT2D eigenvalue weighted by atomic mass is 10.2. The molecule has 0 saturated heterocycles. The number of carboxylic acid groups (broad SMARTS) is 1. The minimum Gasteiger partial charge on any atom is -0.507 e. The van der Waals surface area contributed by atoms with Crippen molar-refractivity contribution in [2.24, 2.45) is 0 Å². The van der Waals surface area contributed by atoms with Gasteiger partial charge in [-0.15, -0.1) is 6.58 Å². The van der Waals surface area contributed by atoms with Crippen molar-refractivity contribution in [3.8, 4) is 5.75 Å². The van der Waals surface area contributed by atoms with E-state index in [1.807, 2.05) is 0 Å². The SMILES string of the molecule is C=CCS(=O)(=O)Nc1ccc(O)c(C(=O)O)c1. The molecule has 0 unspecified atom stereocenters. The molecule has 0 atom stereocenters. The van der Waals surface area contributed by atoms with E-state index in [1.54, 1.807) is 0 Å². The molecule has 6 nitrogen and oxygen atoms in total. The summed E-state index contributed by atoms with van der Waals surface area (Å²) in [6, 6.07) is 3.41. The maximum Gasteiger partial charge on any atom is 0.339 e. The van der Waals surface area contributed by atoms with Gasteiger partial charge < -0.3 is 10.2 Å². The largest absolute Gasteiger partial charge is 0.507 e. The Hall–Kier alpha value is -2.02. The molecule has 1 aromatic carbocycles. The van der Waals surface area contributed by atoms with Crippen LogP contribution in [0.5, 0.6) is 5.75 Å². The van der Waals surface area contributed by atoms with Gasteiger partial charge in [-0.05, 0) is 18.2 Å². The second kappa shape index (κ2) is 4.88. The number of aromatic hydroxyl groups is 1. The summed E-state index contributed by atoms with van der Waals surface area (Å²) in [6.07, 6.45) is 1.21. The van der Waals surface area contributed by atoms with Crippen LogP contribution in [0.15, 0.2) is 30.9 Å². The minimum atomic E-state index is -3.58. The highest BCUT2D eigenvalue weighted by Crippen LogP contribution is 2.22. The first-order valence-electron chi connectivity index (χ1n) is 4.53. The summed E-state index contributed by atoms with van der Waals surface area (Å²) in [5.74, 6) is -2.05. The first kappa shape index (κ1) is 13.0. The van der Waals surface area contributed by atoms with Gasteiger partial charge in [0.1, 0.15) is 11.3 Å². The number of anilines is 1. The van der Waals surface area contributed by atoms with Gasteiger partial charge in [0.05, 0.1) is 5.75 Å². The van der Waals surface area contributed by atoms with Crippen LogP contribution in [0.25, 0.3) is 0 Å². The number of sulfonamides is 1. The average Bonchev–Trinajstić information content (AvgIpc) is 2.20. The second-order valence-electron chi connectivity index (χ2n) is 3.21. The zero-order chi connectivity index (χ0) is 13.1. The lowest BCUT2D eigenvalue weighted by Crippen LogP contribution is -2.15. The summed E-state index contributed by atoms with van der Waals surface area (Å²) in [7, 11) is -3.58. The molecule has 0 heterocycles. The Morgan fingerprint density at radius 1 is 1.47 bits per heavy atom. The van der Waals surface area contributed by atoms with E-state index in [0.29, 0.717) is 0 Å². The van der Waals surface area contributed by atoms with E-state index in [9.17, 15) is 18.3 Å². The Bertz CT molecular complexity index is 550. The Labute approximate surface area is 98.3 Å². The van der Waals surface area contributed by atoms with Gasteiger partial charge in [0.15, 0.2) is 0 Å². The normalized spacial score (nSPS) is 10.8. The molecule has 1 rings (SSSR count). The molecule has 0 radical (unpaired) electrons. The molecule has 0 aromatic heterocycles. The van der Waals surface area contributed by atoms with Crippen molar-refractivity contribution in [3.63, 3.8) is 0 Å². The summed E-state index contributed by atoms with van der Waals surface area (Å²) in [4.78, 5) is 10.7. The number of aromatic carboxylic acids is 1. The van der Waals surface area contributed by atoms with Crippen molar-refractivity contribution in [1.82, 2.24) is 0 Å². The van der Waals surface area contributed by atoms with Gasteiger partial charge >= 0.3 is 5.97 Å². The molecule has 0 amide bonds. The van der Waals surface area contributed by atoms with Crippen LogP contribution in [-0.4, -0.2) is 30.4 Å². The number of hydrogen-bond acceptors (Lipinski definition) is 4. The maximum absolute atomic E-state index is 11.4. The van der Waals surface area contributed by atoms with Crippen LogP contribution in [0.3, 0.4) is 0 Å². The predicted octanol–water partition coefficient (Wildman–Crippen LogP) is 1.02. The molecule has 17 heavy (non-hydrogen) atoms. The van der Waals surface area contributed by atoms with Crippen molar-refractivity contribution in [2.75, 3.05) is 10.5 Å². The Morgan fingerprint density at radius 2 is 2.12 bits per heavy atom. The van der Waals surface area contributed by atoms with Crippen molar-refractivity contribution in [3.05, 3.63) is 36.4 Å². The zero-order valence-electron chi connectivity index (χ0n) is 8.75. The highest BCUT2D eigenvalue weighted by Gasteiger charge is 2.13. The Balaban J connectivity index is 3.05. The number of hydrogen-bond donors (Lipinski definition) is 3. The fourth-order valence-corrected chi connectivity index (χ4v) is 2.03. The summed E-state index contributed by atoms with van der Waals surface area (Å²) in [5, 5.41) is 18.0. The molecule has 0 bridgehead atoms. The molecular formula is C10H11NO5S. The topological polar surface area (TPSA) is 104 Å². The number of rotatable bonds is 5. The van der Waals surface area contributed by atoms with Crippen LogP contribution >= 0.6 is 0 Å². The van der Waals surface area contributed by atoms with Gasteiger partial charge in [-0.25, -0.2) is 13.2 Å². The number of carboxylic acids is 1. The van der Waals surface area contributed by atoms with Crippen molar-refractivity contribution < 1.29 is 23.4 Å². The average molecular weight is 257 g/mol. The molecule has 0 aliphatic rings. The molecule has 0 aliphatic heterocycles. The van der Waals surface area contributed by atoms with Gasteiger partial charge in [0.2, 0.25) is 10.0 Å². The third-order valence-electron chi connectivity index (χ3n) is 1.84. The van der Waals surface area contributed by atoms with E-state index in [2.05, 4.69) is 11.3 Å². The van der Waals surface area contributed by atoms with E-state index in [0.717, 1.165) is 12.1 Å². The highest BCUT2D eigenvalue weighted by molar-refractivity contribution is 7.92. The number of phenols is 1. The molecule has 7 heteroatoms. The molecule has 92 valence electrons. The van der Waals surface area contributed by atoms with E-state index in [-0.39, 0.29) is 17.0 Å². The van der Waals surface area contributed by atoms with Crippen LogP contribution in [0, 0.1) is 0 Å². The monoisotopic (exact) mass is 257 g/mol. The number of nitrogens with one attached hydrogen (secondary N) is 1.